The van der Waals surface area contributed by atoms with Crippen molar-refractivity contribution in [2.45, 2.75) is 32.6 Å². The first kappa shape index (κ1) is 12.4. The molecule has 0 fully saturated rings. The lowest BCUT2D eigenvalue weighted by Gasteiger charge is -2.20. The summed E-state index contributed by atoms with van der Waals surface area (Å²) >= 11 is 3.47. The Bertz CT molecular complexity index is 454. The summed E-state index contributed by atoms with van der Waals surface area (Å²) in [7, 11) is 0. The van der Waals surface area contributed by atoms with E-state index in [1.807, 2.05) is 0 Å². The molecule has 4 heteroatoms. The zero-order chi connectivity index (χ0) is 12.4. The Morgan fingerprint density at radius 1 is 1.41 bits per heavy atom. The summed E-state index contributed by atoms with van der Waals surface area (Å²) in [6.45, 7) is 2.06. The fourth-order valence-electron chi connectivity index (χ4n) is 2.24. The minimum Gasteiger partial charge on any atom is -0.507 e. The first-order valence-electron chi connectivity index (χ1n) is 5.85. The van der Waals surface area contributed by atoms with Gasteiger partial charge in [0.2, 0.25) is 0 Å². The summed E-state index contributed by atoms with van der Waals surface area (Å²) in [5.74, 6) is -0.361. The Morgan fingerprint density at radius 3 is 2.71 bits per heavy atom. The van der Waals surface area contributed by atoms with E-state index >= 15 is 0 Å². The number of halogens is 1. The zero-order valence-corrected chi connectivity index (χ0v) is 11.3. The predicted molar refractivity (Wildman–Crippen MR) is 68.4 cm³/mol. The van der Waals surface area contributed by atoms with Crippen molar-refractivity contribution in [3.05, 3.63) is 27.2 Å². The van der Waals surface area contributed by atoms with Gasteiger partial charge in [0, 0.05) is 4.47 Å². The summed E-state index contributed by atoms with van der Waals surface area (Å²) in [5.41, 5.74) is 2.29. The van der Waals surface area contributed by atoms with Crippen LogP contribution in [0.3, 0.4) is 0 Å². The van der Waals surface area contributed by atoms with E-state index in [1.165, 1.54) is 0 Å². The largest absolute Gasteiger partial charge is 0.507 e. The molecular weight excluding hydrogens is 284 g/mol. The standard InChI is InChI=1S/C13H15BrO3/c1-2-17-13(16)10-7-11(14)8-5-3-4-6-9(8)12(10)15/h7,15H,2-6H2,1H3. The number of aromatic hydroxyl groups is 1. The van der Waals surface area contributed by atoms with Gasteiger partial charge in [0.25, 0.3) is 0 Å². The van der Waals surface area contributed by atoms with Crippen molar-refractivity contribution in [2.24, 2.45) is 0 Å². The molecule has 0 atom stereocenters. The van der Waals surface area contributed by atoms with Crippen molar-refractivity contribution in [2.75, 3.05) is 6.61 Å². The average Bonchev–Trinajstić information content (AvgIpc) is 2.34. The minimum absolute atomic E-state index is 0.0985. The van der Waals surface area contributed by atoms with Gasteiger partial charge in [-0.3, -0.25) is 0 Å². The van der Waals surface area contributed by atoms with Gasteiger partial charge >= 0.3 is 5.97 Å². The molecule has 1 N–H and O–H groups in total. The number of ether oxygens (including phenoxy) is 1. The number of rotatable bonds is 2. The molecule has 0 saturated carbocycles. The highest BCUT2D eigenvalue weighted by Gasteiger charge is 2.23. The minimum atomic E-state index is -0.459. The van der Waals surface area contributed by atoms with Crippen LogP contribution in [0.4, 0.5) is 0 Å². The summed E-state index contributed by atoms with van der Waals surface area (Å²) in [6, 6.07) is 1.66. The van der Waals surface area contributed by atoms with Gasteiger partial charge in [-0.05, 0) is 49.8 Å². The zero-order valence-electron chi connectivity index (χ0n) is 9.75. The van der Waals surface area contributed by atoms with Gasteiger partial charge in [-0.1, -0.05) is 15.9 Å². The van der Waals surface area contributed by atoms with Crippen LogP contribution in [0.25, 0.3) is 0 Å². The van der Waals surface area contributed by atoms with Crippen molar-refractivity contribution in [3.63, 3.8) is 0 Å². The lowest BCUT2D eigenvalue weighted by Crippen LogP contribution is -2.10. The van der Waals surface area contributed by atoms with Crippen LogP contribution in [0.2, 0.25) is 0 Å². The Balaban J connectivity index is 2.48. The molecule has 0 unspecified atom stereocenters. The maximum absolute atomic E-state index is 11.7. The fraction of sp³-hybridized carbons (Fsp3) is 0.462. The normalized spacial score (nSPS) is 14.2. The number of hydrogen-bond acceptors (Lipinski definition) is 3. The van der Waals surface area contributed by atoms with Crippen LogP contribution in [0.15, 0.2) is 10.5 Å². The Hall–Kier alpha value is -1.03. The number of phenolic OH excluding ortho intramolecular Hbond substituents is 1. The third-order valence-electron chi connectivity index (χ3n) is 3.06. The summed E-state index contributed by atoms with van der Waals surface area (Å²) in [6.07, 6.45) is 3.96. The molecule has 1 aromatic rings. The van der Waals surface area contributed by atoms with E-state index in [1.54, 1.807) is 13.0 Å². The van der Waals surface area contributed by atoms with Crippen molar-refractivity contribution >= 4 is 21.9 Å². The van der Waals surface area contributed by atoms with Gasteiger partial charge in [-0.15, -0.1) is 0 Å². The van der Waals surface area contributed by atoms with Crippen molar-refractivity contribution in [3.8, 4) is 5.75 Å². The fourth-order valence-corrected chi connectivity index (χ4v) is 2.91. The molecule has 1 aliphatic carbocycles. The highest BCUT2D eigenvalue weighted by molar-refractivity contribution is 9.10. The second kappa shape index (κ2) is 5.08. The van der Waals surface area contributed by atoms with Crippen LogP contribution in [0.1, 0.15) is 41.3 Å². The molecule has 0 aromatic heterocycles. The van der Waals surface area contributed by atoms with E-state index in [-0.39, 0.29) is 11.3 Å². The molecule has 0 spiro atoms. The quantitative estimate of drug-likeness (QED) is 0.853. The van der Waals surface area contributed by atoms with Gasteiger partial charge in [0.1, 0.15) is 11.3 Å². The monoisotopic (exact) mass is 298 g/mol. The first-order chi connectivity index (χ1) is 8.15. The molecule has 17 heavy (non-hydrogen) atoms. The first-order valence-corrected chi connectivity index (χ1v) is 6.64. The topological polar surface area (TPSA) is 46.5 Å². The molecule has 2 rings (SSSR count). The summed E-state index contributed by atoms with van der Waals surface area (Å²) in [5, 5.41) is 10.1. The second-order valence-electron chi connectivity index (χ2n) is 4.14. The van der Waals surface area contributed by atoms with Crippen LogP contribution < -0.4 is 0 Å². The molecule has 0 bridgehead atoms. The number of hydrogen-bond donors (Lipinski definition) is 1. The number of phenols is 1. The molecule has 0 aliphatic heterocycles. The Labute approximate surface area is 109 Å². The molecule has 92 valence electrons. The number of benzene rings is 1. The van der Waals surface area contributed by atoms with Crippen LogP contribution in [-0.4, -0.2) is 17.7 Å². The van der Waals surface area contributed by atoms with Crippen LogP contribution >= 0.6 is 15.9 Å². The second-order valence-corrected chi connectivity index (χ2v) is 4.99. The predicted octanol–water partition coefficient (Wildman–Crippen LogP) is 3.21. The number of esters is 1. The SMILES string of the molecule is CCOC(=O)c1cc(Br)c2c(c1O)CCCC2. The molecule has 0 saturated heterocycles. The van der Waals surface area contributed by atoms with Crippen LogP contribution in [0.5, 0.6) is 5.75 Å². The third-order valence-corrected chi connectivity index (χ3v) is 3.77. The van der Waals surface area contributed by atoms with E-state index in [0.29, 0.717) is 6.61 Å². The Morgan fingerprint density at radius 2 is 2.06 bits per heavy atom. The molecule has 0 heterocycles. The molecule has 3 nitrogen and oxygen atoms in total. The van der Waals surface area contributed by atoms with E-state index in [9.17, 15) is 9.90 Å². The third kappa shape index (κ3) is 2.32. The molecular formula is C13H15BrO3. The highest BCUT2D eigenvalue weighted by Crippen LogP contribution is 2.37. The van der Waals surface area contributed by atoms with Gasteiger partial charge in [0.15, 0.2) is 0 Å². The van der Waals surface area contributed by atoms with Gasteiger partial charge in [-0.25, -0.2) is 4.79 Å². The number of fused-ring (bicyclic) bond motifs is 1. The van der Waals surface area contributed by atoms with Gasteiger partial charge in [0.05, 0.1) is 6.61 Å². The number of carbonyl (C=O) groups is 1. The smallest absolute Gasteiger partial charge is 0.341 e. The molecule has 0 radical (unpaired) electrons. The maximum Gasteiger partial charge on any atom is 0.341 e. The average molecular weight is 299 g/mol. The van der Waals surface area contributed by atoms with E-state index < -0.39 is 5.97 Å². The van der Waals surface area contributed by atoms with Gasteiger partial charge in [-0.2, -0.15) is 0 Å². The van der Waals surface area contributed by atoms with Crippen molar-refractivity contribution in [1.82, 2.24) is 0 Å². The lowest BCUT2D eigenvalue weighted by molar-refractivity contribution is 0.0522. The summed E-state index contributed by atoms with van der Waals surface area (Å²) < 4.78 is 5.83. The van der Waals surface area contributed by atoms with Crippen molar-refractivity contribution in [1.29, 1.82) is 0 Å². The van der Waals surface area contributed by atoms with E-state index in [4.69, 9.17) is 4.74 Å². The van der Waals surface area contributed by atoms with Crippen LogP contribution in [0, 0.1) is 0 Å². The van der Waals surface area contributed by atoms with E-state index in [2.05, 4.69) is 15.9 Å². The molecule has 0 amide bonds. The lowest BCUT2D eigenvalue weighted by atomic mass is 9.89. The summed E-state index contributed by atoms with van der Waals surface area (Å²) in [4.78, 5) is 11.7. The maximum atomic E-state index is 11.7. The molecule has 1 aliphatic rings. The van der Waals surface area contributed by atoms with E-state index in [0.717, 1.165) is 41.3 Å². The number of carbonyl (C=O) groups excluding carboxylic acids is 1. The van der Waals surface area contributed by atoms with Crippen molar-refractivity contribution < 1.29 is 14.6 Å². The van der Waals surface area contributed by atoms with Gasteiger partial charge < -0.3 is 9.84 Å². The Kier molecular flexibility index (Phi) is 3.72. The van der Waals surface area contributed by atoms with Crippen LogP contribution in [-0.2, 0) is 17.6 Å². The molecule has 1 aromatic carbocycles. The highest BCUT2D eigenvalue weighted by atomic mass is 79.9.